The average Bonchev–Trinajstić information content (AvgIpc) is 3.04. The van der Waals surface area contributed by atoms with E-state index in [9.17, 15) is 14.4 Å². The van der Waals surface area contributed by atoms with Crippen molar-refractivity contribution in [3.05, 3.63) is 70.3 Å². The quantitative estimate of drug-likeness (QED) is 0.378. The lowest BCUT2D eigenvalue weighted by molar-refractivity contribution is -0.122. The first-order valence-corrected chi connectivity index (χ1v) is 9.47. The van der Waals surface area contributed by atoms with Gasteiger partial charge in [-0.25, -0.2) is 9.69 Å². The molecule has 1 saturated heterocycles. The number of nitrogens with zero attached hydrogens (tertiary/aromatic N) is 2. The maximum Gasteiger partial charge on any atom is 0.335 e. The van der Waals surface area contributed by atoms with Crippen LogP contribution in [0.5, 0.6) is 0 Å². The number of amides is 4. The van der Waals surface area contributed by atoms with Crippen molar-refractivity contribution in [2.45, 2.75) is 6.54 Å². The second kappa shape index (κ2) is 7.41. The number of terminal acetylenes is 1. The third kappa shape index (κ3) is 3.35. The summed E-state index contributed by atoms with van der Waals surface area (Å²) in [5.74, 6) is 1.17. The Labute approximate surface area is 174 Å². The summed E-state index contributed by atoms with van der Waals surface area (Å²) in [6, 6.07) is 13.4. The topological polar surface area (TPSA) is 71.4 Å². The van der Waals surface area contributed by atoms with E-state index in [1.807, 2.05) is 28.8 Å². The number of hydrogen-bond donors (Lipinski definition) is 1. The molecule has 1 aromatic heterocycles. The lowest BCUT2D eigenvalue weighted by Gasteiger charge is -2.26. The fourth-order valence-corrected chi connectivity index (χ4v) is 3.52. The van der Waals surface area contributed by atoms with Crippen molar-refractivity contribution in [2.24, 2.45) is 0 Å². The van der Waals surface area contributed by atoms with E-state index >= 15 is 0 Å². The summed E-state index contributed by atoms with van der Waals surface area (Å²) in [5.41, 5.74) is 1.79. The lowest BCUT2D eigenvalue weighted by Crippen LogP contribution is -2.54. The molecule has 1 aliphatic rings. The van der Waals surface area contributed by atoms with Crippen LogP contribution >= 0.6 is 15.9 Å². The molecule has 29 heavy (non-hydrogen) atoms. The van der Waals surface area contributed by atoms with Crippen molar-refractivity contribution >= 4 is 56.4 Å². The Bertz CT molecular complexity index is 1230. The van der Waals surface area contributed by atoms with Gasteiger partial charge in [-0.2, -0.15) is 0 Å². The zero-order valence-corrected chi connectivity index (χ0v) is 16.6. The molecular weight excluding hydrogens is 434 g/mol. The minimum atomic E-state index is -0.783. The second-order valence-corrected chi connectivity index (χ2v) is 7.28. The molecule has 0 bridgehead atoms. The summed E-state index contributed by atoms with van der Waals surface area (Å²) in [5, 5.41) is 3.08. The van der Waals surface area contributed by atoms with Gasteiger partial charge in [0.15, 0.2) is 0 Å². The standard InChI is InChI=1S/C22H14BrN3O3/c1-2-11-25-13-14(17-5-3-4-6-19(17)25)12-18-20(27)24-22(29)26(21(18)28)16-9-7-15(23)8-10-16/h1,3-10,12-13H,11H2,(H,24,27,29)/b18-12+. The molecule has 0 atom stereocenters. The normalized spacial score (nSPS) is 15.7. The van der Waals surface area contributed by atoms with Crippen LogP contribution in [0.1, 0.15) is 5.56 Å². The number of carbonyl (C=O) groups excluding carboxylic acids is 3. The minimum absolute atomic E-state index is 0.129. The van der Waals surface area contributed by atoms with Crippen LogP contribution in [0.15, 0.2) is 64.8 Å². The summed E-state index contributed by atoms with van der Waals surface area (Å²) in [7, 11) is 0. The van der Waals surface area contributed by atoms with Gasteiger partial charge in [0.2, 0.25) is 0 Å². The predicted octanol–water partition coefficient (Wildman–Crippen LogP) is 3.70. The number of imide groups is 2. The van der Waals surface area contributed by atoms with Crippen molar-refractivity contribution in [1.82, 2.24) is 9.88 Å². The summed E-state index contributed by atoms with van der Waals surface area (Å²) in [6.45, 7) is 0.354. The molecular formula is C22H14BrN3O3. The van der Waals surface area contributed by atoms with Crippen molar-refractivity contribution in [3.8, 4) is 12.3 Å². The number of fused-ring (bicyclic) bond motifs is 1. The molecule has 2 heterocycles. The predicted molar refractivity (Wildman–Crippen MR) is 114 cm³/mol. The molecule has 0 saturated carbocycles. The molecule has 1 fully saturated rings. The second-order valence-electron chi connectivity index (χ2n) is 6.37. The first-order valence-electron chi connectivity index (χ1n) is 8.68. The Morgan fingerprint density at radius 2 is 1.79 bits per heavy atom. The monoisotopic (exact) mass is 447 g/mol. The summed E-state index contributed by atoms with van der Waals surface area (Å²) < 4.78 is 2.67. The molecule has 0 unspecified atom stereocenters. The fourth-order valence-electron chi connectivity index (χ4n) is 3.26. The summed E-state index contributed by atoms with van der Waals surface area (Å²) in [6.07, 6.45) is 8.73. The van der Waals surface area contributed by atoms with Crippen LogP contribution < -0.4 is 10.2 Å². The van der Waals surface area contributed by atoms with Crippen LogP contribution in [0.4, 0.5) is 10.5 Å². The zero-order valence-electron chi connectivity index (χ0n) is 15.1. The van der Waals surface area contributed by atoms with Crippen molar-refractivity contribution in [1.29, 1.82) is 0 Å². The van der Waals surface area contributed by atoms with E-state index in [0.29, 0.717) is 17.8 Å². The Kier molecular flexibility index (Phi) is 4.79. The zero-order chi connectivity index (χ0) is 20.5. The van der Waals surface area contributed by atoms with E-state index in [1.54, 1.807) is 30.5 Å². The van der Waals surface area contributed by atoms with E-state index in [0.717, 1.165) is 20.3 Å². The number of urea groups is 1. The molecule has 2 aromatic carbocycles. The maximum atomic E-state index is 13.0. The molecule has 0 radical (unpaired) electrons. The molecule has 142 valence electrons. The van der Waals surface area contributed by atoms with Gasteiger partial charge in [-0.1, -0.05) is 40.0 Å². The number of anilines is 1. The highest BCUT2D eigenvalue weighted by molar-refractivity contribution is 9.10. The van der Waals surface area contributed by atoms with Crippen molar-refractivity contribution in [3.63, 3.8) is 0 Å². The van der Waals surface area contributed by atoms with Gasteiger partial charge in [-0.3, -0.25) is 14.9 Å². The van der Waals surface area contributed by atoms with Crippen LogP contribution in [0.3, 0.4) is 0 Å². The van der Waals surface area contributed by atoms with Gasteiger partial charge in [0, 0.05) is 27.1 Å². The van der Waals surface area contributed by atoms with E-state index in [2.05, 4.69) is 27.2 Å². The van der Waals surface area contributed by atoms with Gasteiger partial charge < -0.3 is 4.57 Å². The molecule has 6 nitrogen and oxygen atoms in total. The molecule has 7 heteroatoms. The van der Waals surface area contributed by atoms with E-state index < -0.39 is 17.8 Å². The third-order valence-electron chi connectivity index (χ3n) is 4.57. The number of benzene rings is 2. The lowest BCUT2D eigenvalue weighted by atomic mass is 10.1. The first-order chi connectivity index (χ1) is 14.0. The maximum absolute atomic E-state index is 13.0. The van der Waals surface area contributed by atoms with Crippen molar-refractivity contribution < 1.29 is 14.4 Å². The smallest absolute Gasteiger partial charge is 0.335 e. The Morgan fingerprint density at radius 3 is 2.52 bits per heavy atom. The number of carbonyl (C=O) groups is 3. The number of aromatic nitrogens is 1. The molecule has 1 aliphatic heterocycles. The number of para-hydroxylation sites is 1. The number of halogens is 1. The summed E-state index contributed by atoms with van der Waals surface area (Å²) in [4.78, 5) is 38.7. The average molecular weight is 448 g/mol. The Morgan fingerprint density at radius 1 is 1.07 bits per heavy atom. The highest BCUT2D eigenvalue weighted by Crippen LogP contribution is 2.27. The molecule has 1 N–H and O–H groups in total. The molecule has 3 aromatic rings. The van der Waals surface area contributed by atoms with Crippen molar-refractivity contribution in [2.75, 3.05) is 4.90 Å². The highest BCUT2D eigenvalue weighted by Gasteiger charge is 2.36. The molecule has 0 spiro atoms. The Hall–Kier alpha value is -3.63. The van der Waals surface area contributed by atoms with Gasteiger partial charge >= 0.3 is 6.03 Å². The van der Waals surface area contributed by atoms with Gasteiger partial charge in [0.25, 0.3) is 11.8 Å². The van der Waals surface area contributed by atoms with Crippen LogP contribution in [-0.2, 0) is 16.1 Å². The minimum Gasteiger partial charge on any atom is -0.335 e. The number of rotatable bonds is 3. The number of hydrogen-bond acceptors (Lipinski definition) is 3. The van der Waals surface area contributed by atoms with Gasteiger partial charge in [0.05, 0.1) is 12.2 Å². The van der Waals surface area contributed by atoms with Gasteiger partial charge in [-0.15, -0.1) is 6.42 Å². The number of nitrogens with one attached hydrogen (secondary N) is 1. The SMILES string of the molecule is C#CCn1cc(/C=C2\C(=O)NC(=O)N(c3ccc(Br)cc3)C2=O)c2ccccc21. The molecule has 4 amide bonds. The largest absolute Gasteiger partial charge is 0.335 e. The highest BCUT2D eigenvalue weighted by atomic mass is 79.9. The van der Waals surface area contributed by atoms with Gasteiger partial charge in [-0.05, 0) is 36.4 Å². The first kappa shape index (κ1) is 18.7. The summed E-state index contributed by atoms with van der Waals surface area (Å²) >= 11 is 3.32. The van der Waals surface area contributed by atoms with Crippen LogP contribution in [0.25, 0.3) is 17.0 Å². The van der Waals surface area contributed by atoms with Crippen LogP contribution in [0, 0.1) is 12.3 Å². The molecule has 4 rings (SSSR count). The van der Waals surface area contributed by atoms with Crippen LogP contribution in [-0.4, -0.2) is 22.4 Å². The number of barbiturate groups is 1. The Balaban J connectivity index is 1.81. The van der Waals surface area contributed by atoms with E-state index in [4.69, 9.17) is 6.42 Å². The van der Waals surface area contributed by atoms with E-state index in [-0.39, 0.29) is 5.57 Å². The van der Waals surface area contributed by atoms with Gasteiger partial charge in [0.1, 0.15) is 5.57 Å². The fraction of sp³-hybridized carbons (Fsp3) is 0.0455. The van der Waals surface area contributed by atoms with E-state index in [1.165, 1.54) is 6.08 Å². The van der Waals surface area contributed by atoms with Crippen LogP contribution in [0.2, 0.25) is 0 Å². The molecule has 0 aliphatic carbocycles. The third-order valence-corrected chi connectivity index (χ3v) is 5.10.